The molecule has 144 valence electrons. The molecule has 2 aromatic rings. The third-order valence-electron chi connectivity index (χ3n) is 4.55. The second-order valence-electron chi connectivity index (χ2n) is 6.64. The Hall–Kier alpha value is -2.76. The molecule has 27 heavy (non-hydrogen) atoms. The highest BCUT2D eigenvalue weighted by Crippen LogP contribution is 2.20. The van der Waals surface area contributed by atoms with E-state index in [9.17, 15) is 14.4 Å². The number of hydrogen-bond donors (Lipinski definition) is 1. The molecule has 0 bridgehead atoms. The zero-order valence-corrected chi connectivity index (χ0v) is 16.0. The van der Waals surface area contributed by atoms with Crippen molar-refractivity contribution in [2.75, 3.05) is 5.32 Å². The van der Waals surface area contributed by atoms with Gasteiger partial charge in [0.15, 0.2) is 5.78 Å². The highest BCUT2D eigenvalue weighted by atomic mass is 16.2. The van der Waals surface area contributed by atoms with Gasteiger partial charge in [0.05, 0.1) is 6.33 Å². The fraction of sp³-hybridized carbons (Fsp3) is 0.429. The first-order valence-electron chi connectivity index (χ1n) is 9.42. The van der Waals surface area contributed by atoms with Crippen LogP contribution in [0.25, 0.3) is 0 Å². The summed E-state index contributed by atoms with van der Waals surface area (Å²) in [5.41, 5.74) is 1.17. The quantitative estimate of drug-likeness (QED) is 0.475. The van der Waals surface area contributed by atoms with Gasteiger partial charge in [0.2, 0.25) is 5.91 Å². The Labute approximate surface area is 160 Å². The van der Waals surface area contributed by atoms with Gasteiger partial charge in [-0.05, 0) is 31.9 Å². The van der Waals surface area contributed by atoms with E-state index in [1.54, 1.807) is 47.6 Å². The number of Topliss-reactive ketones (excluding diaryl/α,β-unsaturated/α-hetero) is 2. The number of ketones is 2. The Bertz CT molecular complexity index is 769. The van der Waals surface area contributed by atoms with Gasteiger partial charge in [0.1, 0.15) is 11.8 Å². The highest BCUT2D eigenvalue weighted by molar-refractivity contribution is 5.98. The molecule has 0 aliphatic heterocycles. The van der Waals surface area contributed by atoms with Crippen molar-refractivity contribution in [3.05, 3.63) is 48.5 Å². The summed E-state index contributed by atoms with van der Waals surface area (Å²) in [6.45, 7) is 3.38. The molecule has 0 saturated heterocycles. The molecule has 1 heterocycles. The molecular formula is C21H27N3O3. The third-order valence-corrected chi connectivity index (χ3v) is 4.55. The minimum atomic E-state index is -0.379. The molecule has 0 spiro atoms. The van der Waals surface area contributed by atoms with Crippen molar-refractivity contribution in [2.24, 2.45) is 0 Å². The number of nitrogens with one attached hydrogen (secondary N) is 1. The van der Waals surface area contributed by atoms with Crippen LogP contribution in [0.1, 0.15) is 68.8 Å². The number of carbonyl (C=O) groups is 3. The Morgan fingerprint density at radius 2 is 2.00 bits per heavy atom. The van der Waals surface area contributed by atoms with E-state index in [4.69, 9.17) is 0 Å². The topological polar surface area (TPSA) is 81.1 Å². The van der Waals surface area contributed by atoms with Gasteiger partial charge in [-0.15, -0.1) is 0 Å². The van der Waals surface area contributed by atoms with Crippen molar-refractivity contribution < 1.29 is 14.4 Å². The number of nitrogens with zero attached hydrogens (tertiary/aromatic N) is 2. The number of hydrogen-bond acceptors (Lipinski definition) is 4. The van der Waals surface area contributed by atoms with Gasteiger partial charge in [-0.1, -0.05) is 31.9 Å². The van der Waals surface area contributed by atoms with E-state index in [-0.39, 0.29) is 23.5 Å². The summed E-state index contributed by atoms with van der Waals surface area (Å²) >= 11 is 0. The maximum Gasteiger partial charge on any atom is 0.247 e. The fourth-order valence-corrected chi connectivity index (χ4v) is 2.92. The summed E-state index contributed by atoms with van der Waals surface area (Å²) in [4.78, 5) is 39.8. The van der Waals surface area contributed by atoms with Crippen LogP contribution in [0, 0.1) is 0 Å². The number of anilines is 1. The summed E-state index contributed by atoms with van der Waals surface area (Å²) in [6, 6.07) is 6.55. The summed E-state index contributed by atoms with van der Waals surface area (Å²) < 4.78 is 1.79. The average Bonchev–Trinajstić information content (AvgIpc) is 3.18. The smallest absolute Gasteiger partial charge is 0.247 e. The molecule has 1 atom stereocenters. The molecule has 6 nitrogen and oxygen atoms in total. The predicted molar refractivity (Wildman–Crippen MR) is 105 cm³/mol. The molecule has 1 aromatic heterocycles. The van der Waals surface area contributed by atoms with Crippen LogP contribution in [-0.4, -0.2) is 27.0 Å². The monoisotopic (exact) mass is 369 g/mol. The number of carbonyl (C=O) groups excluding carboxylic acids is 3. The normalized spacial score (nSPS) is 11.8. The van der Waals surface area contributed by atoms with Crippen LogP contribution in [0.3, 0.4) is 0 Å². The van der Waals surface area contributed by atoms with Crippen molar-refractivity contribution in [3.8, 4) is 0 Å². The van der Waals surface area contributed by atoms with Crippen LogP contribution in [-0.2, 0) is 9.59 Å². The lowest BCUT2D eigenvalue weighted by atomic mass is 10.0. The summed E-state index contributed by atoms with van der Waals surface area (Å²) in [5.74, 6) is 0.0986. The molecule has 1 aromatic carbocycles. The minimum Gasteiger partial charge on any atom is -0.325 e. The summed E-state index contributed by atoms with van der Waals surface area (Å²) in [7, 11) is 0. The molecule has 2 rings (SSSR count). The SMILES string of the molecule is CCC(=O)CCCCC[C@@H](C(=O)Nc1cccc(C(C)=O)c1)n1ccnc1. The van der Waals surface area contributed by atoms with Crippen molar-refractivity contribution in [3.63, 3.8) is 0 Å². The van der Waals surface area contributed by atoms with E-state index < -0.39 is 0 Å². The first-order valence-corrected chi connectivity index (χ1v) is 9.42. The summed E-state index contributed by atoms with van der Waals surface area (Å²) in [5, 5.41) is 2.90. The Balaban J connectivity index is 1.97. The van der Waals surface area contributed by atoms with Crippen molar-refractivity contribution in [2.45, 2.75) is 58.4 Å². The molecule has 0 fully saturated rings. The van der Waals surface area contributed by atoms with Gasteiger partial charge in [-0.2, -0.15) is 0 Å². The minimum absolute atomic E-state index is 0.0427. The number of imidazole rings is 1. The lowest BCUT2D eigenvalue weighted by Crippen LogP contribution is -2.25. The first-order chi connectivity index (χ1) is 13.0. The standard InChI is InChI=1S/C21H27N3O3/c1-3-19(26)10-5-4-6-11-20(24-13-12-22-15-24)21(27)23-18-9-7-8-17(14-18)16(2)25/h7-9,12-15,20H,3-6,10-11H2,1-2H3,(H,23,27)/t20-/m0/s1. The second-order valence-corrected chi connectivity index (χ2v) is 6.64. The van der Waals surface area contributed by atoms with Gasteiger partial charge < -0.3 is 9.88 Å². The van der Waals surface area contributed by atoms with Crippen LogP contribution in [0.5, 0.6) is 0 Å². The molecule has 0 aliphatic carbocycles. The molecule has 0 saturated carbocycles. The Morgan fingerprint density at radius 3 is 2.67 bits per heavy atom. The molecule has 0 radical (unpaired) electrons. The third kappa shape index (κ3) is 6.47. The highest BCUT2D eigenvalue weighted by Gasteiger charge is 2.20. The number of benzene rings is 1. The summed E-state index contributed by atoms with van der Waals surface area (Å²) in [6.07, 6.45) is 9.52. The fourth-order valence-electron chi connectivity index (χ4n) is 2.92. The van der Waals surface area contributed by atoms with Gasteiger partial charge in [-0.3, -0.25) is 14.4 Å². The maximum atomic E-state index is 12.8. The number of aromatic nitrogens is 2. The van der Waals surface area contributed by atoms with Crippen molar-refractivity contribution >= 4 is 23.2 Å². The van der Waals surface area contributed by atoms with Crippen LogP contribution in [0.15, 0.2) is 43.0 Å². The number of rotatable bonds is 11. The van der Waals surface area contributed by atoms with E-state index >= 15 is 0 Å². The first kappa shape index (κ1) is 20.6. The Kier molecular flexibility index (Phi) is 7.92. The van der Waals surface area contributed by atoms with E-state index in [2.05, 4.69) is 10.3 Å². The van der Waals surface area contributed by atoms with Gasteiger partial charge >= 0.3 is 0 Å². The van der Waals surface area contributed by atoms with E-state index in [1.165, 1.54) is 6.92 Å². The zero-order valence-electron chi connectivity index (χ0n) is 16.0. The maximum absolute atomic E-state index is 12.8. The van der Waals surface area contributed by atoms with Crippen LogP contribution >= 0.6 is 0 Å². The number of amides is 1. The molecule has 0 unspecified atom stereocenters. The lowest BCUT2D eigenvalue weighted by molar-refractivity contribution is -0.120. The molecule has 1 N–H and O–H groups in total. The number of unbranched alkanes of at least 4 members (excludes halogenated alkanes) is 2. The second kappa shape index (κ2) is 10.4. The van der Waals surface area contributed by atoms with Crippen LogP contribution in [0.4, 0.5) is 5.69 Å². The average molecular weight is 369 g/mol. The Morgan fingerprint density at radius 1 is 1.19 bits per heavy atom. The van der Waals surface area contributed by atoms with Gasteiger partial charge in [-0.25, -0.2) is 4.98 Å². The molecular weight excluding hydrogens is 342 g/mol. The molecule has 6 heteroatoms. The molecule has 0 aliphatic rings. The lowest BCUT2D eigenvalue weighted by Gasteiger charge is -2.18. The van der Waals surface area contributed by atoms with E-state index in [0.717, 1.165) is 19.3 Å². The zero-order chi connectivity index (χ0) is 19.6. The van der Waals surface area contributed by atoms with E-state index in [1.807, 2.05) is 6.92 Å². The van der Waals surface area contributed by atoms with Crippen molar-refractivity contribution in [1.29, 1.82) is 0 Å². The largest absolute Gasteiger partial charge is 0.325 e. The molecule has 1 amide bonds. The predicted octanol–water partition coefficient (Wildman–Crippen LogP) is 4.20. The van der Waals surface area contributed by atoms with E-state index in [0.29, 0.717) is 30.5 Å². The van der Waals surface area contributed by atoms with Crippen LogP contribution < -0.4 is 5.32 Å². The van der Waals surface area contributed by atoms with Crippen molar-refractivity contribution in [1.82, 2.24) is 9.55 Å². The van der Waals surface area contributed by atoms with Gasteiger partial charge in [0.25, 0.3) is 0 Å². The van der Waals surface area contributed by atoms with Crippen LogP contribution in [0.2, 0.25) is 0 Å². The van der Waals surface area contributed by atoms with Gasteiger partial charge in [0, 0.05) is 36.5 Å².